The molecule has 5 heteroatoms. The van der Waals surface area contributed by atoms with Crippen LogP contribution >= 0.6 is 15.9 Å². The summed E-state index contributed by atoms with van der Waals surface area (Å²) < 4.78 is 0.856. The molecule has 0 spiro atoms. The summed E-state index contributed by atoms with van der Waals surface area (Å²) in [5.41, 5.74) is 2.52. The Kier molecular flexibility index (Phi) is 5.00. The van der Waals surface area contributed by atoms with Crippen molar-refractivity contribution in [3.63, 3.8) is 0 Å². The van der Waals surface area contributed by atoms with Gasteiger partial charge in [-0.3, -0.25) is 14.5 Å². The van der Waals surface area contributed by atoms with Gasteiger partial charge in [0, 0.05) is 28.7 Å². The number of nitrogens with zero attached hydrogens (tertiary/aromatic N) is 2. The lowest BCUT2D eigenvalue weighted by molar-refractivity contribution is -0.127. The average Bonchev–Trinajstić information content (AvgIpc) is 2.98. The molecule has 1 heterocycles. The molecule has 1 aliphatic heterocycles. The van der Waals surface area contributed by atoms with Crippen molar-refractivity contribution in [3.05, 3.63) is 64.1 Å². The van der Waals surface area contributed by atoms with Gasteiger partial charge in [0.1, 0.15) is 6.67 Å². The van der Waals surface area contributed by atoms with Crippen molar-refractivity contribution in [1.29, 1.82) is 0 Å². The fraction of sp³-hybridized carbons (Fsp3) is 0.263. The van der Waals surface area contributed by atoms with Crippen molar-refractivity contribution in [2.75, 3.05) is 18.1 Å². The summed E-state index contributed by atoms with van der Waals surface area (Å²) in [6.07, 6.45) is 1.42. The third-order valence-electron chi connectivity index (χ3n) is 4.15. The number of carbonyl (C=O) groups is 2. The monoisotopic (exact) mass is 386 g/mol. The van der Waals surface area contributed by atoms with E-state index in [9.17, 15) is 9.59 Å². The van der Waals surface area contributed by atoms with Crippen LogP contribution in [0.25, 0.3) is 0 Å². The highest BCUT2D eigenvalue weighted by atomic mass is 79.9. The molecule has 0 saturated carbocycles. The Morgan fingerprint density at radius 2 is 1.96 bits per heavy atom. The van der Waals surface area contributed by atoms with Crippen LogP contribution in [0.15, 0.2) is 53.0 Å². The first-order chi connectivity index (χ1) is 11.5. The van der Waals surface area contributed by atoms with Gasteiger partial charge in [-0.25, -0.2) is 0 Å². The van der Waals surface area contributed by atoms with Gasteiger partial charge in [-0.05, 0) is 43.7 Å². The minimum Gasteiger partial charge on any atom is -0.324 e. The van der Waals surface area contributed by atoms with Crippen molar-refractivity contribution in [2.45, 2.75) is 19.8 Å². The number of likely N-dealkylation sites (tertiary alicyclic amines) is 1. The molecule has 0 radical (unpaired) electrons. The first-order valence-electron chi connectivity index (χ1n) is 7.96. The van der Waals surface area contributed by atoms with Crippen LogP contribution in [-0.2, 0) is 4.79 Å². The summed E-state index contributed by atoms with van der Waals surface area (Å²) in [6.45, 7) is 2.99. The largest absolute Gasteiger partial charge is 0.324 e. The van der Waals surface area contributed by atoms with Crippen molar-refractivity contribution in [3.8, 4) is 0 Å². The lowest BCUT2D eigenvalue weighted by Gasteiger charge is -2.28. The molecule has 0 atom stereocenters. The van der Waals surface area contributed by atoms with Gasteiger partial charge >= 0.3 is 0 Å². The molecule has 2 aromatic rings. The summed E-state index contributed by atoms with van der Waals surface area (Å²) >= 11 is 3.41. The summed E-state index contributed by atoms with van der Waals surface area (Å²) in [5.74, 6) is -0.00555. The zero-order valence-electron chi connectivity index (χ0n) is 13.5. The molecule has 0 unspecified atom stereocenters. The maximum Gasteiger partial charge on any atom is 0.259 e. The fourth-order valence-corrected chi connectivity index (χ4v) is 3.19. The predicted molar refractivity (Wildman–Crippen MR) is 97.9 cm³/mol. The molecule has 3 rings (SSSR count). The maximum absolute atomic E-state index is 13.0. The van der Waals surface area contributed by atoms with Gasteiger partial charge in [0.15, 0.2) is 0 Å². The molecular weight excluding hydrogens is 368 g/mol. The van der Waals surface area contributed by atoms with Gasteiger partial charge in [-0.2, -0.15) is 0 Å². The smallest absolute Gasteiger partial charge is 0.259 e. The van der Waals surface area contributed by atoms with E-state index in [1.54, 1.807) is 21.9 Å². The Morgan fingerprint density at radius 1 is 1.21 bits per heavy atom. The van der Waals surface area contributed by atoms with E-state index >= 15 is 0 Å². The van der Waals surface area contributed by atoms with E-state index in [-0.39, 0.29) is 18.5 Å². The standard InChI is InChI=1S/C19H19BrN2O2/c1-14-7-9-17(10-8-14)22(13-21-11-3-6-18(21)23)19(24)15-4-2-5-16(20)12-15/h2,4-5,7-10,12H,3,6,11,13H2,1H3. The third-order valence-corrected chi connectivity index (χ3v) is 4.64. The number of benzene rings is 2. The molecule has 2 amide bonds. The maximum atomic E-state index is 13.0. The molecule has 0 aliphatic carbocycles. The summed E-state index contributed by atoms with van der Waals surface area (Å²) in [6, 6.07) is 15.1. The van der Waals surface area contributed by atoms with E-state index in [2.05, 4.69) is 15.9 Å². The Hall–Kier alpha value is -2.14. The second kappa shape index (κ2) is 7.18. The molecule has 124 valence electrons. The molecule has 1 aliphatic rings. The van der Waals surface area contributed by atoms with Gasteiger partial charge in [-0.1, -0.05) is 39.7 Å². The number of amides is 2. The minimum absolute atomic E-state index is 0.106. The lowest BCUT2D eigenvalue weighted by Crippen LogP contribution is -2.42. The van der Waals surface area contributed by atoms with Crippen LogP contribution in [0, 0.1) is 6.92 Å². The molecule has 0 bridgehead atoms. The second-order valence-electron chi connectivity index (χ2n) is 5.98. The van der Waals surface area contributed by atoms with E-state index < -0.39 is 0 Å². The highest BCUT2D eigenvalue weighted by molar-refractivity contribution is 9.10. The Bertz CT molecular complexity index is 758. The minimum atomic E-state index is -0.111. The van der Waals surface area contributed by atoms with Gasteiger partial charge in [0.2, 0.25) is 5.91 Å². The third kappa shape index (κ3) is 3.67. The van der Waals surface area contributed by atoms with Gasteiger partial charge in [0.25, 0.3) is 5.91 Å². The number of hydrogen-bond donors (Lipinski definition) is 0. The summed E-state index contributed by atoms with van der Waals surface area (Å²) in [4.78, 5) is 28.4. The Labute approximate surface area is 150 Å². The van der Waals surface area contributed by atoms with Crippen LogP contribution in [-0.4, -0.2) is 29.9 Å². The Morgan fingerprint density at radius 3 is 2.58 bits per heavy atom. The van der Waals surface area contributed by atoms with Crippen molar-refractivity contribution >= 4 is 33.4 Å². The van der Waals surface area contributed by atoms with Gasteiger partial charge < -0.3 is 4.90 Å². The highest BCUT2D eigenvalue weighted by Gasteiger charge is 2.26. The normalized spacial score (nSPS) is 14.1. The first kappa shape index (κ1) is 16.7. The predicted octanol–water partition coefficient (Wildman–Crippen LogP) is 3.98. The molecular formula is C19H19BrN2O2. The number of rotatable bonds is 4. The van der Waals surface area contributed by atoms with Crippen molar-refractivity contribution in [2.24, 2.45) is 0 Å². The molecule has 24 heavy (non-hydrogen) atoms. The first-order valence-corrected chi connectivity index (χ1v) is 8.76. The van der Waals surface area contributed by atoms with Crippen LogP contribution in [0.3, 0.4) is 0 Å². The summed E-state index contributed by atoms with van der Waals surface area (Å²) in [5, 5.41) is 0. The fourth-order valence-electron chi connectivity index (χ4n) is 2.79. The van der Waals surface area contributed by atoms with Crippen molar-refractivity contribution < 1.29 is 9.59 Å². The number of hydrogen-bond acceptors (Lipinski definition) is 2. The van der Waals surface area contributed by atoms with Gasteiger partial charge in [0.05, 0.1) is 0 Å². The van der Waals surface area contributed by atoms with Crippen molar-refractivity contribution in [1.82, 2.24) is 4.90 Å². The zero-order chi connectivity index (χ0) is 17.1. The van der Waals surface area contributed by atoms with Gasteiger partial charge in [-0.15, -0.1) is 0 Å². The van der Waals surface area contributed by atoms with Crippen LogP contribution < -0.4 is 4.90 Å². The van der Waals surface area contributed by atoms with Crippen LogP contribution in [0.4, 0.5) is 5.69 Å². The average molecular weight is 387 g/mol. The molecule has 2 aromatic carbocycles. The highest BCUT2D eigenvalue weighted by Crippen LogP contribution is 2.22. The van der Waals surface area contributed by atoms with E-state index in [0.717, 1.165) is 22.1 Å². The van der Waals surface area contributed by atoms with Crippen LogP contribution in [0.5, 0.6) is 0 Å². The van der Waals surface area contributed by atoms with Crippen LogP contribution in [0.1, 0.15) is 28.8 Å². The molecule has 1 fully saturated rings. The van der Waals surface area contributed by atoms with E-state index in [1.165, 1.54) is 0 Å². The van der Waals surface area contributed by atoms with E-state index in [1.807, 2.05) is 43.3 Å². The quantitative estimate of drug-likeness (QED) is 0.796. The van der Waals surface area contributed by atoms with E-state index in [4.69, 9.17) is 0 Å². The van der Waals surface area contributed by atoms with E-state index in [0.29, 0.717) is 18.5 Å². The topological polar surface area (TPSA) is 40.6 Å². The number of carbonyl (C=O) groups excluding carboxylic acids is 2. The SMILES string of the molecule is Cc1ccc(N(CN2CCCC2=O)C(=O)c2cccc(Br)c2)cc1. The lowest BCUT2D eigenvalue weighted by atomic mass is 10.1. The molecule has 0 N–H and O–H groups in total. The number of anilines is 1. The molecule has 1 saturated heterocycles. The second-order valence-corrected chi connectivity index (χ2v) is 6.90. The number of aryl methyl sites for hydroxylation is 1. The summed E-state index contributed by atoms with van der Waals surface area (Å²) in [7, 11) is 0. The Balaban J connectivity index is 1.92. The van der Waals surface area contributed by atoms with Crippen LogP contribution in [0.2, 0.25) is 0 Å². The molecule has 4 nitrogen and oxygen atoms in total. The molecule has 0 aromatic heterocycles. The number of halogens is 1. The zero-order valence-corrected chi connectivity index (χ0v) is 15.1.